The van der Waals surface area contributed by atoms with E-state index in [9.17, 15) is 13.2 Å². The van der Waals surface area contributed by atoms with Gasteiger partial charge in [0.1, 0.15) is 0 Å². The molecule has 2 heterocycles. The number of carbonyl (C=O) groups is 1. The Morgan fingerprint density at radius 3 is 2.23 bits per heavy atom. The number of amides is 1. The van der Waals surface area contributed by atoms with Gasteiger partial charge < -0.3 is 4.90 Å². The van der Waals surface area contributed by atoms with Crippen LogP contribution in [0.2, 0.25) is 0 Å². The maximum Gasteiger partial charge on any atom is 0.233 e. The van der Waals surface area contributed by atoms with E-state index in [1.807, 2.05) is 17.0 Å². The van der Waals surface area contributed by atoms with Crippen molar-refractivity contribution in [3.63, 3.8) is 0 Å². The first-order valence-corrected chi connectivity index (χ1v) is 12.0. The van der Waals surface area contributed by atoms with Gasteiger partial charge in [-0.2, -0.15) is 0 Å². The number of hydrogen-bond donors (Lipinski definition) is 0. The van der Waals surface area contributed by atoms with Gasteiger partial charge in [0.25, 0.3) is 0 Å². The minimum Gasteiger partial charge on any atom is -0.339 e. The van der Waals surface area contributed by atoms with Gasteiger partial charge in [-0.05, 0) is 37.0 Å². The molecule has 0 spiro atoms. The standard InChI is InChI=1S/C19H25BrN2O3S/c20-16-4-2-15(3-5-16)19(7-1-8-19)18(23)22-11-9-21(10-12-22)17-6-13-26(24,25)14-17/h2-5,17H,1,6-14H2. The largest absolute Gasteiger partial charge is 0.339 e. The van der Waals surface area contributed by atoms with E-state index < -0.39 is 9.84 Å². The summed E-state index contributed by atoms with van der Waals surface area (Å²) in [5.74, 6) is 0.845. The van der Waals surface area contributed by atoms with Crippen LogP contribution in [0.3, 0.4) is 0 Å². The molecule has 5 nitrogen and oxygen atoms in total. The zero-order chi connectivity index (χ0) is 18.4. The highest BCUT2D eigenvalue weighted by Gasteiger charge is 2.48. The second kappa shape index (κ2) is 6.91. The molecular weight excluding hydrogens is 416 g/mol. The molecule has 1 atom stereocenters. The Balaban J connectivity index is 1.42. The molecule has 26 heavy (non-hydrogen) atoms. The highest BCUT2D eigenvalue weighted by molar-refractivity contribution is 9.10. The molecule has 3 fully saturated rings. The van der Waals surface area contributed by atoms with Crippen LogP contribution in [0.25, 0.3) is 0 Å². The molecule has 0 bridgehead atoms. The van der Waals surface area contributed by atoms with Crippen LogP contribution in [0.4, 0.5) is 0 Å². The fourth-order valence-electron chi connectivity index (χ4n) is 4.58. The fraction of sp³-hybridized carbons (Fsp3) is 0.632. The molecule has 1 amide bonds. The van der Waals surface area contributed by atoms with Crippen molar-refractivity contribution in [1.29, 1.82) is 0 Å². The van der Waals surface area contributed by atoms with Crippen LogP contribution in [-0.2, 0) is 20.0 Å². The Morgan fingerprint density at radius 1 is 1.08 bits per heavy atom. The van der Waals surface area contributed by atoms with Gasteiger partial charge in [0.15, 0.2) is 9.84 Å². The number of nitrogens with zero attached hydrogens (tertiary/aromatic N) is 2. The summed E-state index contributed by atoms with van der Waals surface area (Å²) >= 11 is 3.47. The minimum absolute atomic E-state index is 0.140. The smallest absolute Gasteiger partial charge is 0.233 e. The summed E-state index contributed by atoms with van der Waals surface area (Å²) in [5, 5.41) is 0. The summed E-state index contributed by atoms with van der Waals surface area (Å²) in [5.41, 5.74) is 0.779. The molecule has 0 N–H and O–H groups in total. The van der Waals surface area contributed by atoms with Crippen molar-refractivity contribution >= 4 is 31.7 Å². The lowest BCUT2D eigenvalue weighted by Gasteiger charge is -2.46. The molecule has 1 unspecified atom stereocenters. The van der Waals surface area contributed by atoms with Crippen LogP contribution in [0, 0.1) is 0 Å². The molecule has 2 aliphatic heterocycles. The van der Waals surface area contributed by atoms with Crippen LogP contribution in [0.5, 0.6) is 0 Å². The van der Waals surface area contributed by atoms with Crippen LogP contribution in [0.1, 0.15) is 31.2 Å². The van der Waals surface area contributed by atoms with Crippen molar-refractivity contribution in [3.05, 3.63) is 34.3 Å². The highest BCUT2D eigenvalue weighted by Crippen LogP contribution is 2.45. The molecule has 4 rings (SSSR count). The summed E-state index contributed by atoms with van der Waals surface area (Å²) in [4.78, 5) is 17.6. The third kappa shape index (κ3) is 3.34. The van der Waals surface area contributed by atoms with Crippen LogP contribution >= 0.6 is 15.9 Å². The van der Waals surface area contributed by atoms with Crippen molar-refractivity contribution in [2.75, 3.05) is 37.7 Å². The lowest BCUT2D eigenvalue weighted by molar-refractivity contribution is -0.143. The normalized spacial score (nSPS) is 27.9. The third-order valence-electron chi connectivity index (χ3n) is 6.34. The molecule has 3 aliphatic rings. The molecule has 1 aromatic rings. The van der Waals surface area contributed by atoms with Gasteiger partial charge in [-0.1, -0.05) is 34.5 Å². The van der Waals surface area contributed by atoms with E-state index in [2.05, 4.69) is 33.0 Å². The average molecular weight is 441 g/mol. The highest BCUT2D eigenvalue weighted by atomic mass is 79.9. The van der Waals surface area contributed by atoms with Crippen molar-refractivity contribution in [3.8, 4) is 0 Å². The van der Waals surface area contributed by atoms with E-state index in [4.69, 9.17) is 0 Å². The van der Waals surface area contributed by atoms with E-state index in [0.29, 0.717) is 18.8 Å². The van der Waals surface area contributed by atoms with E-state index in [0.717, 1.165) is 48.8 Å². The summed E-state index contributed by atoms with van der Waals surface area (Å²) < 4.78 is 24.5. The molecule has 1 aromatic carbocycles. The van der Waals surface area contributed by atoms with Crippen LogP contribution < -0.4 is 0 Å². The summed E-state index contributed by atoms with van der Waals surface area (Å²) in [6.07, 6.45) is 3.68. The molecule has 1 aliphatic carbocycles. The molecule has 7 heteroatoms. The second-order valence-electron chi connectivity index (χ2n) is 7.83. The molecular formula is C19H25BrN2O3S. The van der Waals surface area contributed by atoms with Crippen molar-refractivity contribution < 1.29 is 13.2 Å². The zero-order valence-corrected chi connectivity index (χ0v) is 17.3. The van der Waals surface area contributed by atoms with Crippen LogP contribution in [-0.4, -0.2) is 67.9 Å². The fourth-order valence-corrected chi connectivity index (χ4v) is 6.61. The number of piperazine rings is 1. The number of rotatable bonds is 3. The molecule has 2 saturated heterocycles. The van der Waals surface area contributed by atoms with Crippen LogP contribution in [0.15, 0.2) is 28.7 Å². The zero-order valence-electron chi connectivity index (χ0n) is 14.9. The predicted molar refractivity (Wildman–Crippen MR) is 105 cm³/mol. The Kier molecular flexibility index (Phi) is 4.90. The first-order valence-electron chi connectivity index (χ1n) is 9.40. The SMILES string of the molecule is O=C(N1CCN(C2CCS(=O)(=O)C2)CC1)C1(c2ccc(Br)cc2)CCC1. The van der Waals surface area contributed by atoms with Gasteiger partial charge in [-0.15, -0.1) is 0 Å². The van der Waals surface area contributed by atoms with E-state index in [1.54, 1.807) is 0 Å². The monoisotopic (exact) mass is 440 g/mol. The number of halogens is 1. The molecule has 1 saturated carbocycles. The van der Waals surface area contributed by atoms with Gasteiger partial charge in [-0.3, -0.25) is 9.69 Å². The Hall–Kier alpha value is -0.920. The van der Waals surface area contributed by atoms with Gasteiger partial charge in [0, 0.05) is 36.7 Å². The summed E-state index contributed by atoms with van der Waals surface area (Å²) in [6, 6.07) is 8.31. The van der Waals surface area contributed by atoms with Crippen molar-refractivity contribution in [2.24, 2.45) is 0 Å². The number of sulfone groups is 1. The van der Waals surface area contributed by atoms with Gasteiger partial charge in [0.05, 0.1) is 16.9 Å². The molecule has 142 valence electrons. The van der Waals surface area contributed by atoms with Crippen molar-refractivity contribution in [2.45, 2.75) is 37.1 Å². The summed E-state index contributed by atoms with van der Waals surface area (Å²) in [6.45, 7) is 2.96. The lowest BCUT2D eigenvalue weighted by atomic mass is 9.63. The van der Waals surface area contributed by atoms with Gasteiger partial charge in [0.2, 0.25) is 5.91 Å². The first kappa shape index (κ1) is 18.4. The second-order valence-corrected chi connectivity index (χ2v) is 11.0. The lowest BCUT2D eigenvalue weighted by Crippen LogP contribution is -2.58. The Labute approximate surface area is 163 Å². The first-order chi connectivity index (χ1) is 12.4. The topological polar surface area (TPSA) is 57.7 Å². The molecule has 0 aromatic heterocycles. The van der Waals surface area contributed by atoms with E-state index >= 15 is 0 Å². The number of benzene rings is 1. The van der Waals surface area contributed by atoms with E-state index in [-0.39, 0.29) is 23.1 Å². The molecule has 0 radical (unpaired) electrons. The maximum absolute atomic E-state index is 13.3. The third-order valence-corrected chi connectivity index (χ3v) is 8.62. The van der Waals surface area contributed by atoms with E-state index in [1.165, 1.54) is 0 Å². The van der Waals surface area contributed by atoms with Crippen molar-refractivity contribution in [1.82, 2.24) is 9.80 Å². The maximum atomic E-state index is 13.3. The minimum atomic E-state index is -2.86. The number of hydrogen-bond acceptors (Lipinski definition) is 4. The summed E-state index contributed by atoms with van der Waals surface area (Å²) in [7, 11) is -2.86. The van der Waals surface area contributed by atoms with Gasteiger partial charge >= 0.3 is 0 Å². The average Bonchev–Trinajstić information content (AvgIpc) is 2.95. The Bertz CT molecular complexity index is 782. The Morgan fingerprint density at radius 2 is 1.73 bits per heavy atom. The van der Waals surface area contributed by atoms with Gasteiger partial charge in [-0.25, -0.2) is 8.42 Å². The quantitative estimate of drug-likeness (QED) is 0.722. The number of carbonyl (C=O) groups excluding carboxylic acids is 1. The predicted octanol–water partition coefficient (Wildman–Crippen LogP) is 2.20.